The maximum absolute atomic E-state index is 12.7. The van der Waals surface area contributed by atoms with E-state index in [9.17, 15) is 13.2 Å². The fourth-order valence-corrected chi connectivity index (χ4v) is 1.57. The Morgan fingerprint density at radius 1 is 1.21 bits per heavy atom. The second-order valence-electron chi connectivity index (χ2n) is 5.61. The highest BCUT2D eigenvalue weighted by molar-refractivity contribution is 5.53. The quantitative estimate of drug-likeness (QED) is 0.882. The summed E-state index contributed by atoms with van der Waals surface area (Å²) in [4.78, 5) is 0. The van der Waals surface area contributed by atoms with Gasteiger partial charge in [-0.05, 0) is 30.0 Å². The normalized spacial score (nSPS) is 12.1. The van der Waals surface area contributed by atoms with Crippen LogP contribution in [-0.2, 0) is 6.18 Å². The molecule has 0 radical (unpaired) electrons. The molecule has 2 nitrogen and oxygen atoms in total. The lowest BCUT2D eigenvalue weighted by atomic mass is 9.92. The number of nitrogens with one attached hydrogen (secondary N) is 1. The molecule has 1 N–H and O–H groups in total. The van der Waals surface area contributed by atoms with Crippen molar-refractivity contribution >= 4 is 5.69 Å². The third-order valence-corrected chi connectivity index (χ3v) is 2.65. The second kappa shape index (κ2) is 5.52. The molecular formula is C14H17F3N2. The van der Waals surface area contributed by atoms with Crippen molar-refractivity contribution in [2.45, 2.75) is 33.4 Å². The number of hydrogen-bond donors (Lipinski definition) is 1. The maximum atomic E-state index is 12.7. The topological polar surface area (TPSA) is 35.8 Å². The van der Waals surface area contributed by atoms with Crippen molar-refractivity contribution in [1.82, 2.24) is 0 Å². The summed E-state index contributed by atoms with van der Waals surface area (Å²) < 4.78 is 38.2. The number of rotatable bonds is 3. The summed E-state index contributed by atoms with van der Waals surface area (Å²) >= 11 is 0. The molecule has 0 spiro atoms. The molecule has 1 rings (SSSR count). The van der Waals surface area contributed by atoms with Gasteiger partial charge in [-0.25, -0.2) is 0 Å². The number of alkyl halides is 3. The molecule has 0 aliphatic carbocycles. The predicted molar refractivity (Wildman–Crippen MR) is 68.7 cm³/mol. The van der Waals surface area contributed by atoms with Gasteiger partial charge in [-0.2, -0.15) is 18.4 Å². The van der Waals surface area contributed by atoms with E-state index in [2.05, 4.69) is 26.1 Å². The van der Waals surface area contributed by atoms with E-state index in [1.807, 2.05) is 0 Å². The van der Waals surface area contributed by atoms with Gasteiger partial charge in [-0.3, -0.25) is 0 Å². The zero-order valence-electron chi connectivity index (χ0n) is 11.2. The minimum absolute atomic E-state index is 0.118. The summed E-state index contributed by atoms with van der Waals surface area (Å²) in [6.45, 7) is 6.78. The summed E-state index contributed by atoms with van der Waals surface area (Å²) in [6.07, 6.45) is -3.67. The van der Waals surface area contributed by atoms with Gasteiger partial charge in [0.05, 0.1) is 17.2 Å². The van der Waals surface area contributed by atoms with Crippen molar-refractivity contribution in [2.75, 3.05) is 11.9 Å². The molecule has 19 heavy (non-hydrogen) atoms. The minimum Gasteiger partial charge on any atom is -0.385 e. The molecule has 0 bridgehead atoms. The average Bonchev–Trinajstić information content (AvgIpc) is 2.26. The molecule has 0 amide bonds. The van der Waals surface area contributed by atoms with Gasteiger partial charge >= 0.3 is 6.18 Å². The van der Waals surface area contributed by atoms with E-state index in [4.69, 9.17) is 5.26 Å². The molecule has 1 aromatic carbocycles. The molecule has 0 fully saturated rings. The first-order valence-corrected chi connectivity index (χ1v) is 5.99. The van der Waals surface area contributed by atoms with Crippen LogP contribution in [0.3, 0.4) is 0 Å². The lowest BCUT2D eigenvalue weighted by molar-refractivity contribution is -0.137. The molecule has 0 atom stereocenters. The third-order valence-electron chi connectivity index (χ3n) is 2.65. The van der Waals surface area contributed by atoms with Crippen LogP contribution in [0.15, 0.2) is 18.2 Å². The summed E-state index contributed by atoms with van der Waals surface area (Å²) in [5.74, 6) is 0. The van der Waals surface area contributed by atoms with Crippen LogP contribution in [-0.4, -0.2) is 6.54 Å². The van der Waals surface area contributed by atoms with Crippen LogP contribution in [0.2, 0.25) is 0 Å². The minimum atomic E-state index is -4.51. The van der Waals surface area contributed by atoms with Crippen molar-refractivity contribution < 1.29 is 13.2 Å². The lowest BCUT2D eigenvalue weighted by Crippen LogP contribution is -2.14. The Labute approximate surface area is 111 Å². The van der Waals surface area contributed by atoms with E-state index in [-0.39, 0.29) is 11.0 Å². The Morgan fingerprint density at radius 2 is 1.84 bits per heavy atom. The van der Waals surface area contributed by atoms with Crippen LogP contribution in [0.5, 0.6) is 0 Å². The first-order chi connectivity index (χ1) is 8.63. The monoisotopic (exact) mass is 270 g/mol. The molecule has 0 unspecified atom stereocenters. The smallest absolute Gasteiger partial charge is 0.385 e. The maximum Gasteiger partial charge on any atom is 0.417 e. The highest BCUT2D eigenvalue weighted by Gasteiger charge is 2.33. The molecular weight excluding hydrogens is 253 g/mol. The molecule has 5 heteroatoms. The van der Waals surface area contributed by atoms with E-state index in [1.165, 1.54) is 12.1 Å². The molecule has 0 aliphatic rings. The molecule has 0 aliphatic heterocycles. The average molecular weight is 270 g/mol. The van der Waals surface area contributed by atoms with Crippen molar-refractivity contribution in [3.8, 4) is 6.07 Å². The van der Waals surface area contributed by atoms with Gasteiger partial charge in [0.15, 0.2) is 0 Å². The summed E-state index contributed by atoms with van der Waals surface area (Å²) in [7, 11) is 0. The van der Waals surface area contributed by atoms with Crippen LogP contribution >= 0.6 is 0 Å². The Balaban J connectivity index is 2.86. The lowest BCUT2D eigenvalue weighted by Gasteiger charge is -2.19. The zero-order chi connectivity index (χ0) is 14.7. The zero-order valence-corrected chi connectivity index (χ0v) is 11.2. The van der Waals surface area contributed by atoms with Gasteiger partial charge in [-0.1, -0.05) is 20.8 Å². The van der Waals surface area contributed by atoms with Crippen molar-refractivity contribution in [3.05, 3.63) is 29.3 Å². The number of hydrogen-bond acceptors (Lipinski definition) is 2. The van der Waals surface area contributed by atoms with Gasteiger partial charge in [0.2, 0.25) is 0 Å². The van der Waals surface area contributed by atoms with Gasteiger partial charge in [0.1, 0.15) is 0 Å². The summed E-state index contributed by atoms with van der Waals surface area (Å²) in [5, 5.41) is 11.6. The Morgan fingerprint density at radius 3 is 2.32 bits per heavy atom. The fraction of sp³-hybridized carbons (Fsp3) is 0.500. The van der Waals surface area contributed by atoms with Crippen LogP contribution < -0.4 is 5.32 Å². The largest absolute Gasteiger partial charge is 0.417 e. The van der Waals surface area contributed by atoms with Crippen LogP contribution in [0, 0.1) is 16.7 Å². The van der Waals surface area contributed by atoms with E-state index in [0.717, 1.165) is 12.5 Å². The Hall–Kier alpha value is -1.70. The van der Waals surface area contributed by atoms with Crippen LogP contribution in [0.1, 0.15) is 38.3 Å². The fourth-order valence-electron chi connectivity index (χ4n) is 1.57. The second-order valence-corrected chi connectivity index (χ2v) is 5.61. The predicted octanol–water partition coefficient (Wildman–Crippen LogP) is 4.43. The van der Waals surface area contributed by atoms with E-state index < -0.39 is 11.7 Å². The van der Waals surface area contributed by atoms with Gasteiger partial charge in [0.25, 0.3) is 0 Å². The van der Waals surface area contributed by atoms with Crippen molar-refractivity contribution in [2.24, 2.45) is 5.41 Å². The summed E-state index contributed by atoms with van der Waals surface area (Å²) in [6, 6.07) is 5.24. The van der Waals surface area contributed by atoms with Crippen LogP contribution in [0.25, 0.3) is 0 Å². The van der Waals surface area contributed by atoms with E-state index in [1.54, 1.807) is 6.07 Å². The van der Waals surface area contributed by atoms with E-state index >= 15 is 0 Å². The van der Waals surface area contributed by atoms with Crippen LogP contribution in [0.4, 0.5) is 18.9 Å². The SMILES string of the molecule is CC(C)(C)CCNc1ccc(C#N)c(C(F)(F)F)c1. The molecule has 0 heterocycles. The first kappa shape index (κ1) is 15.4. The first-order valence-electron chi connectivity index (χ1n) is 5.99. The number of anilines is 1. The van der Waals surface area contributed by atoms with Crippen molar-refractivity contribution in [1.29, 1.82) is 5.26 Å². The molecule has 104 valence electrons. The Kier molecular flexibility index (Phi) is 4.46. The van der Waals surface area contributed by atoms with Gasteiger partial charge < -0.3 is 5.32 Å². The molecule has 0 saturated heterocycles. The third kappa shape index (κ3) is 4.82. The number of nitriles is 1. The highest BCUT2D eigenvalue weighted by Crippen LogP contribution is 2.33. The molecule has 0 saturated carbocycles. The highest BCUT2D eigenvalue weighted by atomic mass is 19.4. The summed E-state index contributed by atoms with van der Waals surface area (Å²) in [5.41, 5.74) is -0.743. The number of benzene rings is 1. The van der Waals surface area contributed by atoms with Gasteiger partial charge in [0, 0.05) is 12.2 Å². The van der Waals surface area contributed by atoms with Crippen molar-refractivity contribution in [3.63, 3.8) is 0 Å². The Bertz CT molecular complexity index is 479. The molecule has 1 aromatic rings. The standard InChI is InChI=1S/C14H17F3N2/c1-13(2,3)6-7-19-11-5-4-10(9-18)12(8-11)14(15,16)17/h4-5,8,19H,6-7H2,1-3H3. The number of nitrogens with zero attached hydrogens (tertiary/aromatic N) is 1. The van der Waals surface area contributed by atoms with Gasteiger partial charge in [-0.15, -0.1) is 0 Å². The molecule has 0 aromatic heterocycles. The van der Waals surface area contributed by atoms with E-state index in [0.29, 0.717) is 12.2 Å². The number of halogens is 3.